The van der Waals surface area contributed by atoms with Gasteiger partial charge in [-0.1, -0.05) is 23.4 Å². The number of hydrogen-bond acceptors (Lipinski definition) is 6. The number of carbonyl (C=O) groups is 2. The van der Waals surface area contributed by atoms with Crippen molar-refractivity contribution in [1.82, 2.24) is 9.97 Å². The molecular formula is C15H12ClFN2O3S. The molecule has 0 amide bonds. The molecule has 120 valence electrons. The molecular weight excluding hydrogens is 343 g/mol. The Morgan fingerprint density at radius 1 is 1.30 bits per heavy atom. The zero-order valence-corrected chi connectivity index (χ0v) is 13.8. The van der Waals surface area contributed by atoms with Gasteiger partial charge in [0.15, 0.2) is 17.0 Å². The van der Waals surface area contributed by atoms with E-state index in [1.807, 2.05) is 0 Å². The van der Waals surface area contributed by atoms with Crippen molar-refractivity contribution in [2.45, 2.75) is 18.2 Å². The number of Topliss-reactive ketones (excluding diaryl/α,β-unsaturated/α-hetero) is 1. The molecule has 8 heteroatoms. The first-order chi connectivity index (χ1) is 10.9. The lowest BCUT2D eigenvalue weighted by Crippen LogP contribution is -2.25. The van der Waals surface area contributed by atoms with Crippen molar-refractivity contribution in [2.75, 3.05) is 6.26 Å². The number of rotatable bonds is 5. The number of benzene rings is 1. The van der Waals surface area contributed by atoms with Gasteiger partial charge in [-0.05, 0) is 37.4 Å². The first kappa shape index (κ1) is 17.4. The smallest absolute Gasteiger partial charge is 0.359 e. The average molecular weight is 355 g/mol. The topological polar surface area (TPSA) is 69.2 Å². The summed E-state index contributed by atoms with van der Waals surface area (Å²) in [6.45, 7) is 1.42. The van der Waals surface area contributed by atoms with E-state index in [2.05, 4.69) is 9.97 Å². The van der Waals surface area contributed by atoms with Crippen LogP contribution in [-0.4, -0.2) is 34.1 Å². The molecule has 0 N–H and O–H groups in total. The molecule has 0 radical (unpaired) electrons. The largest absolute Gasteiger partial charge is 0.449 e. The van der Waals surface area contributed by atoms with E-state index in [1.165, 1.54) is 37.0 Å². The van der Waals surface area contributed by atoms with Crippen molar-refractivity contribution in [3.05, 3.63) is 52.6 Å². The lowest BCUT2D eigenvalue weighted by Gasteiger charge is -2.12. The molecule has 1 aromatic carbocycles. The van der Waals surface area contributed by atoms with E-state index in [0.717, 1.165) is 12.1 Å². The summed E-state index contributed by atoms with van der Waals surface area (Å²) in [4.78, 5) is 32.2. The maximum absolute atomic E-state index is 12.9. The van der Waals surface area contributed by atoms with Gasteiger partial charge in [-0.15, -0.1) is 0 Å². The van der Waals surface area contributed by atoms with Crippen molar-refractivity contribution >= 4 is 35.1 Å². The Balaban J connectivity index is 2.13. The highest BCUT2D eigenvalue weighted by Crippen LogP contribution is 2.18. The Morgan fingerprint density at radius 3 is 2.57 bits per heavy atom. The SMILES string of the molecule is CSc1ncc(Cl)c(C(=O)O[C@@H](C)C(=O)c2ccc(F)cc2)n1. The van der Waals surface area contributed by atoms with Crippen molar-refractivity contribution in [1.29, 1.82) is 0 Å². The molecule has 0 fully saturated rings. The van der Waals surface area contributed by atoms with Crippen LogP contribution in [0, 0.1) is 5.82 Å². The number of ether oxygens (including phenoxy) is 1. The summed E-state index contributed by atoms with van der Waals surface area (Å²) < 4.78 is 18.0. The van der Waals surface area contributed by atoms with Crippen LogP contribution in [0.4, 0.5) is 4.39 Å². The van der Waals surface area contributed by atoms with Gasteiger partial charge in [0.05, 0.1) is 11.2 Å². The standard InChI is InChI=1S/C15H12ClFN2O3S/c1-8(13(20)9-3-5-10(17)6-4-9)22-14(21)12-11(16)7-18-15(19-12)23-2/h3-8H,1-2H3/t8-/m0/s1. The Hall–Kier alpha value is -1.99. The molecule has 1 heterocycles. The molecule has 0 aliphatic rings. The quantitative estimate of drug-likeness (QED) is 0.354. The van der Waals surface area contributed by atoms with Gasteiger partial charge in [-0.25, -0.2) is 19.2 Å². The van der Waals surface area contributed by atoms with E-state index in [-0.39, 0.29) is 16.3 Å². The predicted molar refractivity (Wildman–Crippen MR) is 84.4 cm³/mol. The number of aromatic nitrogens is 2. The molecule has 0 saturated carbocycles. The molecule has 5 nitrogen and oxygen atoms in total. The van der Waals surface area contributed by atoms with Crippen molar-refractivity contribution in [3.63, 3.8) is 0 Å². The monoisotopic (exact) mass is 354 g/mol. The lowest BCUT2D eigenvalue weighted by molar-refractivity contribution is 0.0312. The lowest BCUT2D eigenvalue weighted by atomic mass is 10.1. The minimum absolute atomic E-state index is 0.0363. The van der Waals surface area contributed by atoms with Gasteiger partial charge < -0.3 is 4.74 Å². The molecule has 0 unspecified atom stereocenters. The Kier molecular flexibility index (Phi) is 5.68. The van der Waals surface area contributed by atoms with Gasteiger partial charge in [0.1, 0.15) is 5.82 Å². The molecule has 1 atom stereocenters. The van der Waals surface area contributed by atoms with Crippen LogP contribution in [0.1, 0.15) is 27.8 Å². The number of nitrogens with zero attached hydrogens (tertiary/aromatic N) is 2. The van der Waals surface area contributed by atoms with E-state index in [4.69, 9.17) is 16.3 Å². The van der Waals surface area contributed by atoms with E-state index >= 15 is 0 Å². The van der Waals surface area contributed by atoms with Crippen LogP contribution < -0.4 is 0 Å². The van der Waals surface area contributed by atoms with Crippen LogP contribution in [0.2, 0.25) is 5.02 Å². The van der Waals surface area contributed by atoms with Crippen LogP contribution in [0.25, 0.3) is 0 Å². The molecule has 23 heavy (non-hydrogen) atoms. The second-order valence-corrected chi connectivity index (χ2v) is 5.65. The number of esters is 1. The van der Waals surface area contributed by atoms with Gasteiger partial charge in [0, 0.05) is 5.56 Å². The van der Waals surface area contributed by atoms with Crippen LogP contribution in [0.5, 0.6) is 0 Å². The molecule has 2 rings (SSSR count). The van der Waals surface area contributed by atoms with E-state index in [9.17, 15) is 14.0 Å². The highest BCUT2D eigenvalue weighted by Gasteiger charge is 2.23. The van der Waals surface area contributed by atoms with Gasteiger partial charge in [-0.2, -0.15) is 0 Å². The van der Waals surface area contributed by atoms with E-state index < -0.39 is 23.7 Å². The number of ketones is 1. The molecule has 0 aliphatic carbocycles. The number of halogens is 2. The normalized spacial score (nSPS) is 11.8. The zero-order chi connectivity index (χ0) is 17.0. The number of hydrogen-bond donors (Lipinski definition) is 0. The first-order valence-corrected chi connectivity index (χ1v) is 8.10. The van der Waals surface area contributed by atoms with Gasteiger partial charge in [-0.3, -0.25) is 4.79 Å². The Labute approximate surface area is 141 Å². The van der Waals surface area contributed by atoms with E-state index in [1.54, 1.807) is 6.26 Å². The highest BCUT2D eigenvalue weighted by molar-refractivity contribution is 7.98. The van der Waals surface area contributed by atoms with Crippen LogP contribution >= 0.6 is 23.4 Å². The summed E-state index contributed by atoms with van der Waals surface area (Å²) in [5, 5.41) is 0.396. The van der Waals surface area contributed by atoms with E-state index in [0.29, 0.717) is 5.16 Å². The van der Waals surface area contributed by atoms with Crippen molar-refractivity contribution in [2.24, 2.45) is 0 Å². The zero-order valence-electron chi connectivity index (χ0n) is 12.2. The molecule has 0 bridgehead atoms. The average Bonchev–Trinajstić information content (AvgIpc) is 2.55. The number of thioether (sulfide) groups is 1. The third-order valence-corrected chi connectivity index (χ3v) is 3.72. The second kappa shape index (κ2) is 7.52. The summed E-state index contributed by atoms with van der Waals surface area (Å²) in [5.41, 5.74) is 0.134. The van der Waals surface area contributed by atoms with Crippen LogP contribution in [0.3, 0.4) is 0 Å². The summed E-state index contributed by atoms with van der Waals surface area (Å²) in [7, 11) is 0. The van der Waals surface area contributed by atoms with Crippen molar-refractivity contribution in [3.8, 4) is 0 Å². The first-order valence-electron chi connectivity index (χ1n) is 6.49. The minimum atomic E-state index is -1.06. The second-order valence-electron chi connectivity index (χ2n) is 4.47. The van der Waals surface area contributed by atoms with Crippen LogP contribution in [0.15, 0.2) is 35.6 Å². The molecule has 0 spiro atoms. The summed E-state index contributed by atoms with van der Waals surface area (Å²) in [6, 6.07) is 4.97. The maximum atomic E-state index is 12.9. The third-order valence-electron chi connectivity index (χ3n) is 2.88. The van der Waals surface area contributed by atoms with Gasteiger partial charge >= 0.3 is 5.97 Å². The maximum Gasteiger partial charge on any atom is 0.359 e. The fraction of sp³-hybridized carbons (Fsp3) is 0.200. The minimum Gasteiger partial charge on any atom is -0.449 e. The molecule has 2 aromatic rings. The number of carbonyl (C=O) groups excluding carboxylic acids is 2. The Morgan fingerprint density at radius 2 is 1.96 bits per heavy atom. The van der Waals surface area contributed by atoms with Gasteiger partial charge in [0.2, 0.25) is 5.78 Å². The summed E-state index contributed by atoms with van der Waals surface area (Å²) >= 11 is 7.13. The highest BCUT2D eigenvalue weighted by atomic mass is 35.5. The molecule has 0 saturated heterocycles. The third kappa shape index (κ3) is 4.27. The predicted octanol–water partition coefficient (Wildman–Crippen LogP) is 3.42. The van der Waals surface area contributed by atoms with Crippen molar-refractivity contribution < 1.29 is 18.7 Å². The Bertz CT molecular complexity index is 740. The fourth-order valence-electron chi connectivity index (χ4n) is 1.71. The van der Waals surface area contributed by atoms with Gasteiger partial charge in [0.25, 0.3) is 0 Å². The summed E-state index contributed by atoms with van der Waals surface area (Å²) in [5.74, 6) is -1.73. The molecule has 1 aromatic heterocycles. The molecule has 0 aliphatic heterocycles. The van der Waals surface area contributed by atoms with Crippen LogP contribution in [-0.2, 0) is 4.74 Å². The summed E-state index contributed by atoms with van der Waals surface area (Å²) in [6.07, 6.45) is 1.99. The fourth-order valence-corrected chi connectivity index (χ4v) is 2.22.